The summed E-state index contributed by atoms with van der Waals surface area (Å²) in [5.41, 5.74) is 1.27. The SMILES string of the molecule is O=C(Cc1ccccc1)NCC(=O)N(c1ccccc1)[C@@H](CS)C(=O)O. The van der Waals surface area contributed by atoms with E-state index < -0.39 is 17.9 Å². The number of thiol groups is 1. The summed E-state index contributed by atoms with van der Waals surface area (Å²) in [6.07, 6.45) is 0.147. The van der Waals surface area contributed by atoms with Crippen molar-refractivity contribution in [1.29, 1.82) is 0 Å². The lowest BCUT2D eigenvalue weighted by atomic mass is 10.1. The van der Waals surface area contributed by atoms with Crippen molar-refractivity contribution >= 4 is 36.1 Å². The minimum atomic E-state index is -1.16. The zero-order valence-corrected chi connectivity index (χ0v) is 14.9. The molecule has 0 aliphatic rings. The number of amides is 2. The molecule has 6 nitrogen and oxygen atoms in total. The monoisotopic (exact) mass is 372 g/mol. The van der Waals surface area contributed by atoms with Gasteiger partial charge in [0, 0.05) is 11.4 Å². The average Bonchev–Trinajstić information content (AvgIpc) is 2.65. The molecule has 7 heteroatoms. The molecule has 136 valence electrons. The second-order valence-electron chi connectivity index (χ2n) is 5.58. The number of para-hydroxylation sites is 1. The Morgan fingerprint density at radius 3 is 2.12 bits per heavy atom. The van der Waals surface area contributed by atoms with E-state index in [9.17, 15) is 19.5 Å². The number of carbonyl (C=O) groups is 3. The first-order valence-corrected chi connectivity index (χ1v) is 8.67. The van der Waals surface area contributed by atoms with Crippen molar-refractivity contribution < 1.29 is 19.5 Å². The van der Waals surface area contributed by atoms with Crippen molar-refractivity contribution in [2.24, 2.45) is 0 Å². The standard InChI is InChI=1S/C19H20N2O4S/c22-17(11-14-7-3-1-4-8-14)20-12-18(23)21(16(13-26)19(24)25)15-9-5-2-6-10-15/h1-10,16,26H,11-13H2,(H,20,22)(H,24,25)/t16-/m0/s1. The van der Waals surface area contributed by atoms with E-state index in [1.807, 2.05) is 30.3 Å². The molecular formula is C19H20N2O4S. The van der Waals surface area contributed by atoms with Crippen molar-refractivity contribution in [2.45, 2.75) is 12.5 Å². The predicted molar refractivity (Wildman–Crippen MR) is 102 cm³/mol. The zero-order chi connectivity index (χ0) is 18.9. The summed E-state index contributed by atoms with van der Waals surface area (Å²) < 4.78 is 0. The highest BCUT2D eigenvalue weighted by atomic mass is 32.1. The number of carboxylic acid groups (broad SMARTS) is 1. The Morgan fingerprint density at radius 1 is 1.00 bits per heavy atom. The Morgan fingerprint density at radius 2 is 1.58 bits per heavy atom. The lowest BCUT2D eigenvalue weighted by Crippen LogP contribution is -2.50. The van der Waals surface area contributed by atoms with Gasteiger partial charge in [-0.15, -0.1) is 0 Å². The summed E-state index contributed by atoms with van der Waals surface area (Å²) in [6, 6.07) is 16.5. The van der Waals surface area contributed by atoms with Crippen molar-refractivity contribution in [1.82, 2.24) is 5.32 Å². The average molecular weight is 372 g/mol. The van der Waals surface area contributed by atoms with Gasteiger partial charge in [0.1, 0.15) is 6.04 Å². The summed E-state index contributed by atoms with van der Waals surface area (Å²) in [5, 5.41) is 11.9. The molecule has 0 unspecified atom stereocenters. The Kier molecular flexibility index (Phi) is 7.23. The number of hydrogen-bond donors (Lipinski definition) is 3. The van der Waals surface area contributed by atoms with Gasteiger partial charge in [0.2, 0.25) is 11.8 Å². The van der Waals surface area contributed by atoms with E-state index in [2.05, 4.69) is 17.9 Å². The quantitative estimate of drug-likeness (QED) is 0.617. The van der Waals surface area contributed by atoms with Crippen LogP contribution in [0.3, 0.4) is 0 Å². The number of nitrogens with zero attached hydrogens (tertiary/aromatic N) is 1. The molecule has 2 rings (SSSR count). The van der Waals surface area contributed by atoms with Crippen molar-refractivity contribution in [3.05, 3.63) is 66.2 Å². The normalized spacial score (nSPS) is 11.4. The number of hydrogen-bond acceptors (Lipinski definition) is 4. The molecule has 26 heavy (non-hydrogen) atoms. The molecule has 2 amide bonds. The Bertz CT molecular complexity index is 753. The van der Waals surface area contributed by atoms with Gasteiger partial charge in [0.15, 0.2) is 0 Å². The number of carbonyl (C=O) groups excluding carboxylic acids is 2. The third kappa shape index (κ3) is 5.35. The van der Waals surface area contributed by atoms with Gasteiger partial charge in [-0.05, 0) is 17.7 Å². The lowest BCUT2D eigenvalue weighted by molar-refractivity contribution is -0.139. The number of benzene rings is 2. The van der Waals surface area contributed by atoms with Gasteiger partial charge >= 0.3 is 5.97 Å². The maximum absolute atomic E-state index is 12.6. The fourth-order valence-electron chi connectivity index (χ4n) is 2.46. The van der Waals surface area contributed by atoms with Crippen LogP contribution in [-0.4, -0.2) is 41.2 Å². The lowest BCUT2D eigenvalue weighted by Gasteiger charge is -2.28. The minimum Gasteiger partial charge on any atom is -0.480 e. The first-order valence-electron chi connectivity index (χ1n) is 8.04. The van der Waals surface area contributed by atoms with E-state index in [1.165, 1.54) is 0 Å². The van der Waals surface area contributed by atoms with Gasteiger partial charge in [-0.25, -0.2) is 4.79 Å². The molecule has 0 aliphatic heterocycles. The summed E-state index contributed by atoms with van der Waals surface area (Å²) in [7, 11) is 0. The van der Waals surface area contributed by atoms with Crippen molar-refractivity contribution in [3.8, 4) is 0 Å². The summed E-state index contributed by atoms with van der Waals surface area (Å²) >= 11 is 4.05. The van der Waals surface area contributed by atoms with E-state index in [0.717, 1.165) is 10.5 Å². The summed E-state index contributed by atoms with van der Waals surface area (Å²) in [6.45, 7) is -0.294. The second kappa shape index (κ2) is 9.62. The Balaban J connectivity index is 2.06. The molecule has 0 saturated heterocycles. The van der Waals surface area contributed by atoms with Crippen LogP contribution in [0.4, 0.5) is 5.69 Å². The number of aliphatic carboxylic acids is 1. The molecule has 0 fully saturated rings. The van der Waals surface area contributed by atoms with Crippen LogP contribution in [-0.2, 0) is 20.8 Å². The molecule has 0 radical (unpaired) electrons. The first kappa shape index (κ1) is 19.5. The molecule has 0 aliphatic carbocycles. The van der Waals surface area contributed by atoms with Crippen molar-refractivity contribution in [3.63, 3.8) is 0 Å². The first-order chi connectivity index (χ1) is 12.5. The molecule has 0 aromatic heterocycles. The van der Waals surface area contributed by atoms with Crippen molar-refractivity contribution in [2.75, 3.05) is 17.2 Å². The fourth-order valence-corrected chi connectivity index (χ4v) is 2.78. The van der Waals surface area contributed by atoms with Gasteiger partial charge < -0.3 is 10.4 Å². The Labute approximate surface area is 157 Å². The molecule has 0 spiro atoms. The molecule has 1 atom stereocenters. The smallest absolute Gasteiger partial charge is 0.327 e. The highest BCUT2D eigenvalue weighted by molar-refractivity contribution is 7.80. The number of anilines is 1. The number of rotatable bonds is 8. The fraction of sp³-hybridized carbons (Fsp3) is 0.211. The second-order valence-corrected chi connectivity index (χ2v) is 5.94. The van der Waals surface area contributed by atoms with E-state index in [4.69, 9.17) is 0 Å². The third-order valence-electron chi connectivity index (χ3n) is 3.72. The largest absolute Gasteiger partial charge is 0.480 e. The van der Waals surface area contributed by atoms with Gasteiger partial charge in [0.25, 0.3) is 0 Å². The molecule has 0 saturated carbocycles. The number of carboxylic acids is 1. The highest BCUT2D eigenvalue weighted by Gasteiger charge is 2.29. The van der Waals surface area contributed by atoms with Crippen LogP contribution in [0.15, 0.2) is 60.7 Å². The van der Waals surface area contributed by atoms with E-state index in [1.54, 1.807) is 30.3 Å². The van der Waals surface area contributed by atoms with E-state index in [0.29, 0.717) is 5.69 Å². The topological polar surface area (TPSA) is 86.7 Å². The van der Waals surface area contributed by atoms with E-state index >= 15 is 0 Å². The van der Waals surface area contributed by atoms with Crippen LogP contribution in [0.2, 0.25) is 0 Å². The number of nitrogens with one attached hydrogen (secondary N) is 1. The molecule has 0 heterocycles. The van der Waals surface area contributed by atoms with Crippen LogP contribution in [0.5, 0.6) is 0 Å². The third-order valence-corrected chi connectivity index (χ3v) is 4.06. The highest BCUT2D eigenvalue weighted by Crippen LogP contribution is 2.18. The van der Waals surface area contributed by atoms with Crippen LogP contribution < -0.4 is 10.2 Å². The molecule has 2 N–H and O–H groups in total. The molecular weight excluding hydrogens is 352 g/mol. The predicted octanol–water partition coefficient (Wildman–Crippen LogP) is 1.76. The van der Waals surface area contributed by atoms with Crippen LogP contribution in [0.1, 0.15) is 5.56 Å². The maximum atomic E-state index is 12.6. The van der Waals surface area contributed by atoms with Gasteiger partial charge in [-0.2, -0.15) is 12.6 Å². The van der Waals surface area contributed by atoms with Gasteiger partial charge in [-0.3, -0.25) is 14.5 Å². The van der Waals surface area contributed by atoms with Crippen LogP contribution in [0.25, 0.3) is 0 Å². The van der Waals surface area contributed by atoms with E-state index in [-0.39, 0.29) is 24.6 Å². The summed E-state index contributed by atoms with van der Waals surface area (Å²) in [4.78, 5) is 37.3. The molecule has 0 bridgehead atoms. The van der Waals surface area contributed by atoms with Crippen LogP contribution in [0, 0.1) is 0 Å². The minimum absolute atomic E-state index is 0.0477. The van der Waals surface area contributed by atoms with Gasteiger partial charge in [0.05, 0.1) is 13.0 Å². The van der Waals surface area contributed by atoms with Crippen LogP contribution >= 0.6 is 12.6 Å². The molecule has 2 aromatic rings. The Hall–Kier alpha value is -2.80. The van der Waals surface area contributed by atoms with Gasteiger partial charge in [-0.1, -0.05) is 48.5 Å². The summed E-state index contributed by atoms with van der Waals surface area (Å²) in [5.74, 6) is -2.03. The zero-order valence-electron chi connectivity index (χ0n) is 14.0. The maximum Gasteiger partial charge on any atom is 0.327 e. The molecule has 2 aromatic carbocycles.